The van der Waals surface area contributed by atoms with Crippen molar-refractivity contribution in [1.82, 2.24) is 34.5 Å². The van der Waals surface area contributed by atoms with Crippen molar-refractivity contribution in [2.75, 3.05) is 26.3 Å². The molecule has 0 aromatic carbocycles. The largest absolute Gasteiger partial charge is 0.484 e. The molecular weight excluding hydrogens is 537 g/mol. The Morgan fingerprint density at radius 3 is 2.68 bits per heavy atom. The van der Waals surface area contributed by atoms with Gasteiger partial charge in [-0.3, -0.25) is 9.88 Å². The van der Waals surface area contributed by atoms with Crippen molar-refractivity contribution in [2.45, 2.75) is 57.5 Å². The Morgan fingerprint density at radius 2 is 1.95 bits per heavy atom. The van der Waals surface area contributed by atoms with Crippen LogP contribution in [0.1, 0.15) is 60.7 Å². The van der Waals surface area contributed by atoms with Crippen molar-refractivity contribution in [3.8, 4) is 23.1 Å². The highest BCUT2D eigenvalue weighted by atomic mass is 19.4. The Labute approximate surface area is 234 Å². The number of ether oxygens (including phenoxy) is 2. The van der Waals surface area contributed by atoms with Gasteiger partial charge in [-0.15, -0.1) is 5.10 Å². The minimum absolute atomic E-state index is 0.213. The predicted octanol–water partition coefficient (Wildman–Crippen LogP) is 4.75. The van der Waals surface area contributed by atoms with Gasteiger partial charge in [-0.05, 0) is 51.8 Å². The molecule has 214 valence electrons. The second-order valence-electron chi connectivity index (χ2n) is 10.6. The molecule has 4 aromatic rings. The number of nitriles is 1. The summed E-state index contributed by atoms with van der Waals surface area (Å²) in [5.41, 5.74) is 2.29. The van der Waals surface area contributed by atoms with Crippen molar-refractivity contribution in [3.63, 3.8) is 0 Å². The Bertz CT molecular complexity index is 1600. The van der Waals surface area contributed by atoms with E-state index in [2.05, 4.69) is 31.4 Å². The molecule has 6 heterocycles. The second kappa shape index (κ2) is 10.8. The van der Waals surface area contributed by atoms with Crippen LogP contribution in [0.2, 0.25) is 0 Å². The zero-order chi connectivity index (χ0) is 28.7. The van der Waals surface area contributed by atoms with Crippen molar-refractivity contribution in [3.05, 3.63) is 59.3 Å². The number of hydrogen-bond acceptors (Lipinski definition) is 8. The maximum atomic E-state index is 13.3. The van der Waals surface area contributed by atoms with Crippen LogP contribution in [0.25, 0.3) is 16.8 Å². The fourth-order valence-electron chi connectivity index (χ4n) is 5.58. The van der Waals surface area contributed by atoms with Crippen LogP contribution >= 0.6 is 0 Å². The highest BCUT2D eigenvalue weighted by molar-refractivity contribution is 5.74. The van der Waals surface area contributed by atoms with E-state index in [1.165, 1.54) is 16.9 Å². The van der Waals surface area contributed by atoms with E-state index in [-0.39, 0.29) is 17.2 Å². The predicted molar refractivity (Wildman–Crippen MR) is 141 cm³/mol. The van der Waals surface area contributed by atoms with Gasteiger partial charge in [-0.25, -0.2) is 9.20 Å². The summed E-state index contributed by atoms with van der Waals surface area (Å²) in [6.07, 6.45) is 2.99. The molecule has 2 aliphatic rings. The average Bonchev–Trinajstić information content (AvgIpc) is 3.43. The van der Waals surface area contributed by atoms with Gasteiger partial charge in [-0.2, -0.15) is 23.5 Å². The first-order chi connectivity index (χ1) is 19.7. The van der Waals surface area contributed by atoms with Crippen LogP contribution < -0.4 is 4.74 Å². The summed E-state index contributed by atoms with van der Waals surface area (Å²) >= 11 is 0. The molecule has 0 spiro atoms. The van der Waals surface area contributed by atoms with E-state index in [0.29, 0.717) is 28.6 Å². The van der Waals surface area contributed by atoms with Crippen LogP contribution in [-0.2, 0) is 10.9 Å². The number of rotatable bonds is 6. The van der Waals surface area contributed by atoms with E-state index in [1.54, 1.807) is 19.2 Å². The third-order valence-corrected chi connectivity index (χ3v) is 7.97. The highest BCUT2D eigenvalue weighted by Gasteiger charge is 2.32. The molecular formula is C28H29F3N8O2. The molecule has 13 heteroatoms. The highest BCUT2D eigenvalue weighted by Crippen LogP contribution is 2.36. The number of pyridine rings is 2. The van der Waals surface area contributed by atoms with E-state index in [0.717, 1.165) is 63.5 Å². The number of hydrogen-bond donors (Lipinski definition) is 0. The number of nitrogens with zero attached hydrogens (tertiary/aromatic N) is 8. The lowest BCUT2D eigenvalue weighted by molar-refractivity contribution is -0.137. The van der Waals surface area contributed by atoms with E-state index in [4.69, 9.17) is 9.47 Å². The monoisotopic (exact) mass is 566 g/mol. The molecule has 0 N–H and O–H groups in total. The molecule has 0 bridgehead atoms. The lowest BCUT2D eigenvalue weighted by Crippen LogP contribution is -2.49. The van der Waals surface area contributed by atoms with Crippen molar-refractivity contribution in [1.29, 1.82) is 5.26 Å². The molecule has 1 unspecified atom stereocenters. The lowest BCUT2D eigenvalue weighted by Gasteiger charge is -2.36. The molecule has 2 aliphatic heterocycles. The van der Waals surface area contributed by atoms with Gasteiger partial charge in [-0.1, -0.05) is 5.21 Å². The standard InChI is InChI=1S/C28H29F3N8O2/c1-17-26(35-36-39(17)23-4-3-6-37(7-5-23)24-15-40-16-24)20-9-25(27-21(10-32)12-34-38(27)14-20)41-18(2)19-8-22(13-33-11-19)28(29,30)31/h8-9,11-14,18,23-24H,3-7,15-16H2,1-2H3/t18-,23?/m0/s1. The molecule has 2 saturated heterocycles. The molecule has 41 heavy (non-hydrogen) atoms. The minimum Gasteiger partial charge on any atom is -0.484 e. The van der Waals surface area contributed by atoms with Gasteiger partial charge in [0.1, 0.15) is 34.7 Å². The Morgan fingerprint density at radius 1 is 1.12 bits per heavy atom. The van der Waals surface area contributed by atoms with Gasteiger partial charge < -0.3 is 9.47 Å². The molecule has 0 saturated carbocycles. The Balaban J connectivity index is 1.31. The van der Waals surface area contributed by atoms with Crippen molar-refractivity contribution >= 4 is 5.52 Å². The molecule has 2 fully saturated rings. The zero-order valence-corrected chi connectivity index (χ0v) is 22.7. The number of alkyl halides is 3. The van der Waals surface area contributed by atoms with Gasteiger partial charge in [0.15, 0.2) is 0 Å². The Hall–Kier alpha value is -4.02. The molecule has 10 nitrogen and oxygen atoms in total. The Kier molecular flexibility index (Phi) is 7.13. The molecule has 0 aliphatic carbocycles. The van der Waals surface area contributed by atoms with Crippen LogP contribution in [0, 0.1) is 18.3 Å². The molecule has 0 radical (unpaired) electrons. The number of fused-ring (bicyclic) bond motifs is 1. The number of likely N-dealkylation sites (tertiary alicyclic amines) is 1. The third-order valence-electron chi connectivity index (χ3n) is 7.97. The quantitative estimate of drug-likeness (QED) is 0.329. The van der Waals surface area contributed by atoms with Crippen LogP contribution in [0.15, 0.2) is 36.9 Å². The first-order valence-corrected chi connectivity index (χ1v) is 13.6. The summed E-state index contributed by atoms with van der Waals surface area (Å²) in [6.45, 7) is 7.23. The minimum atomic E-state index is -4.53. The van der Waals surface area contributed by atoms with Crippen LogP contribution in [0.3, 0.4) is 0 Å². The number of halogens is 3. The summed E-state index contributed by atoms with van der Waals surface area (Å²) < 4.78 is 54.9. The molecule has 2 atom stereocenters. The molecule has 6 rings (SSSR count). The van der Waals surface area contributed by atoms with Crippen molar-refractivity contribution in [2.24, 2.45) is 0 Å². The molecule has 4 aromatic heterocycles. The van der Waals surface area contributed by atoms with Gasteiger partial charge in [0.05, 0.1) is 42.8 Å². The van der Waals surface area contributed by atoms with Gasteiger partial charge >= 0.3 is 6.18 Å². The smallest absolute Gasteiger partial charge is 0.417 e. The molecule has 0 amide bonds. The lowest BCUT2D eigenvalue weighted by atomic mass is 10.1. The summed E-state index contributed by atoms with van der Waals surface area (Å²) in [5.74, 6) is 0.295. The van der Waals surface area contributed by atoms with Gasteiger partial charge in [0.2, 0.25) is 0 Å². The first kappa shape index (κ1) is 27.2. The van der Waals surface area contributed by atoms with Crippen LogP contribution in [-0.4, -0.2) is 66.8 Å². The summed E-state index contributed by atoms with van der Waals surface area (Å²) in [7, 11) is 0. The van der Waals surface area contributed by atoms with Crippen molar-refractivity contribution < 1.29 is 22.6 Å². The second-order valence-corrected chi connectivity index (χ2v) is 10.6. The van der Waals surface area contributed by atoms with Gasteiger partial charge in [0, 0.05) is 36.3 Å². The van der Waals surface area contributed by atoms with E-state index >= 15 is 0 Å². The summed E-state index contributed by atoms with van der Waals surface area (Å²) in [5, 5.41) is 23.0. The summed E-state index contributed by atoms with van der Waals surface area (Å²) in [6, 6.07) is 5.58. The topological polar surface area (TPSA) is 106 Å². The summed E-state index contributed by atoms with van der Waals surface area (Å²) in [4.78, 5) is 6.25. The third kappa shape index (κ3) is 5.25. The fourth-order valence-corrected chi connectivity index (χ4v) is 5.58. The van der Waals surface area contributed by atoms with E-state index < -0.39 is 17.8 Å². The maximum absolute atomic E-state index is 13.3. The average molecular weight is 567 g/mol. The number of aromatic nitrogens is 6. The van der Waals surface area contributed by atoms with Crippen LogP contribution in [0.5, 0.6) is 5.75 Å². The maximum Gasteiger partial charge on any atom is 0.417 e. The van der Waals surface area contributed by atoms with E-state index in [1.807, 2.05) is 11.6 Å². The first-order valence-electron chi connectivity index (χ1n) is 13.6. The fraction of sp³-hybridized carbons (Fsp3) is 0.464. The van der Waals surface area contributed by atoms with Gasteiger partial charge in [0.25, 0.3) is 0 Å². The SMILES string of the molecule is Cc1c(-c2cc(O[C@@H](C)c3cncc(C(F)(F)F)c3)c3c(C#N)cnn3c2)nnn1C1CCCN(C2COC2)CC1. The van der Waals surface area contributed by atoms with Crippen LogP contribution in [0.4, 0.5) is 13.2 Å². The zero-order valence-electron chi connectivity index (χ0n) is 22.7. The normalized spacial score (nSPS) is 19.5. The van der Waals surface area contributed by atoms with E-state index in [9.17, 15) is 18.4 Å².